The Labute approximate surface area is 132 Å². The van der Waals surface area contributed by atoms with Gasteiger partial charge in [-0.1, -0.05) is 32.0 Å². The van der Waals surface area contributed by atoms with Crippen molar-refractivity contribution < 1.29 is 9.18 Å². The Bertz CT molecular complexity index is 648. The molecule has 2 aromatic rings. The van der Waals surface area contributed by atoms with Crippen LogP contribution in [0.4, 0.5) is 10.1 Å². The average Bonchev–Trinajstić information content (AvgIpc) is 2.47. The van der Waals surface area contributed by atoms with Crippen molar-refractivity contribution in [2.75, 3.05) is 5.32 Å². The first kappa shape index (κ1) is 15.7. The number of anilines is 1. The van der Waals surface area contributed by atoms with E-state index in [0.717, 1.165) is 29.7 Å². The van der Waals surface area contributed by atoms with Crippen LogP contribution in [0.5, 0.6) is 0 Å². The molecule has 0 radical (unpaired) electrons. The van der Waals surface area contributed by atoms with E-state index in [-0.39, 0.29) is 11.7 Å². The fourth-order valence-electron chi connectivity index (χ4n) is 2.26. The Morgan fingerprint density at radius 2 is 1.76 bits per heavy atom. The predicted molar refractivity (Wildman–Crippen MR) is 87.3 cm³/mol. The van der Waals surface area contributed by atoms with Crippen LogP contribution in [0.3, 0.4) is 0 Å². The third kappa shape index (κ3) is 3.50. The number of hydrogen-bond donors (Lipinski definition) is 1. The molecule has 0 saturated heterocycles. The Morgan fingerprint density at radius 3 is 2.29 bits per heavy atom. The fraction of sp³-hybridized carbons (Fsp3) is 0.235. The van der Waals surface area contributed by atoms with Gasteiger partial charge in [0.2, 0.25) is 0 Å². The number of amides is 1. The summed E-state index contributed by atoms with van der Waals surface area (Å²) in [4.78, 5) is 12.4. The van der Waals surface area contributed by atoms with Crippen molar-refractivity contribution in [1.82, 2.24) is 0 Å². The van der Waals surface area contributed by atoms with Gasteiger partial charge in [-0.2, -0.15) is 0 Å². The number of rotatable bonds is 4. The van der Waals surface area contributed by atoms with Crippen LogP contribution in [0, 0.1) is 5.82 Å². The van der Waals surface area contributed by atoms with Crippen LogP contribution in [-0.4, -0.2) is 5.91 Å². The number of carbonyl (C=O) groups excluding carboxylic acids is 1. The molecule has 0 unspecified atom stereocenters. The smallest absolute Gasteiger partial charge is 0.256 e. The minimum Gasteiger partial charge on any atom is -0.321 e. The van der Waals surface area contributed by atoms with Crippen molar-refractivity contribution >= 4 is 27.5 Å². The molecule has 0 spiro atoms. The largest absolute Gasteiger partial charge is 0.321 e. The van der Waals surface area contributed by atoms with E-state index in [2.05, 4.69) is 35.1 Å². The molecule has 1 amide bonds. The maximum Gasteiger partial charge on any atom is 0.256 e. The molecule has 0 heterocycles. The van der Waals surface area contributed by atoms with Gasteiger partial charge in [-0.05, 0) is 58.1 Å². The van der Waals surface area contributed by atoms with Crippen LogP contribution in [0.2, 0.25) is 0 Å². The number of halogens is 2. The molecule has 2 aromatic carbocycles. The summed E-state index contributed by atoms with van der Waals surface area (Å²) in [5, 5.41) is 2.97. The molecule has 0 aromatic heterocycles. The quantitative estimate of drug-likeness (QED) is 0.829. The molecule has 0 bridgehead atoms. The van der Waals surface area contributed by atoms with Gasteiger partial charge in [0.25, 0.3) is 5.91 Å². The normalized spacial score (nSPS) is 10.5. The second-order valence-electron chi connectivity index (χ2n) is 4.74. The molecular formula is C17H17BrFNO. The van der Waals surface area contributed by atoms with Gasteiger partial charge in [0.1, 0.15) is 5.82 Å². The number of carbonyl (C=O) groups is 1. The van der Waals surface area contributed by atoms with Gasteiger partial charge >= 0.3 is 0 Å². The lowest BCUT2D eigenvalue weighted by atomic mass is 10.0. The van der Waals surface area contributed by atoms with Crippen molar-refractivity contribution in [3.63, 3.8) is 0 Å². The van der Waals surface area contributed by atoms with E-state index >= 15 is 0 Å². The molecule has 4 heteroatoms. The lowest BCUT2D eigenvalue weighted by molar-refractivity contribution is 0.102. The van der Waals surface area contributed by atoms with Gasteiger partial charge in [-0.15, -0.1) is 0 Å². The minimum absolute atomic E-state index is 0.238. The predicted octanol–water partition coefficient (Wildman–Crippen LogP) is 4.97. The molecule has 2 nitrogen and oxygen atoms in total. The summed E-state index contributed by atoms with van der Waals surface area (Å²) in [5.41, 5.74) is 3.48. The molecule has 0 aliphatic heterocycles. The third-order valence-electron chi connectivity index (χ3n) is 3.41. The molecule has 21 heavy (non-hydrogen) atoms. The molecule has 1 N–H and O–H groups in total. The zero-order valence-corrected chi connectivity index (χ0v) is 13.6. The summed E-state index contributed by atoms with van der Waals surface area (Å²) in [6.07, 6.45) is 1.68. The highest BCUT2D eigenvalue weighted by molar-refractivity contribution is 9.10. The van der Waals surface area contributed by atoms with Gasteiger partial charge in [0.05, 0.1) is 5.56 Å². The van der Waals surface area contributed by atoms with E-state index < -0.39 is 0 Å². The summed E-state index contributed by atoms with van der Waals surface area (Å²) in [7, 11) is 0. The lowest BCUT2D eigenvalue weighted by Crippen LogP contribution is -2.15. The van der Waals surface area contributed by atoms with Gasteiger partial charge in [0.15, 0.2) is 0 Å². The molecule has 0 saturated carbocycles. The minimum atomic E-state index is -0.373. The highest BCUT2D eigenvalue weighted by Crippen LogP contribution is 2.25. The molecule has 0 atom stereocenters. The van der Waals surface area contributed by atoms with Gasteiger partial charge in [-0.3, -0.25) is 4.79 Å². The van der Waals surface area contributed by atoms with Gasteiger partial charge < -0.3 is 5.32 Å². The van der Waals surface area contributed by atoms with E-state index in [4.69, 9.17) is 0 Å². The molecular weight excluding hydrogens is 333 g/mol. The zero-order chi connectivity index (χ0) is 15.4. The van der Waals surface area contributed by atoms with Crippen LogP contribution in [0.25, 0.3) is 0 Å². The second kappa shape index (κ2) is 6.85. The highest BCUT2D eigenvalue weighted by Gasteiger charge is 2.14. The molecule has 0 aliphatic carbocycles. The Balaban J connectivity index is 2.35. The number of nitrogens with one attached hydrogen (secondary N) is 1. The summed E-state index contributed by atoms with van der Waals surface area (Å²) < 4.78 is 13.6. The Morgan fingerprint density at radius 1 is 1.14 bits per heavy atom. The Kier molecular flexibility index (Phi) is 5.12. The SMILES string of the molecule is CCc1cccc(CC)c1NC(=O)c1ccc(F)cc1Br. The topological polar surface area (TPSA) is 29.1 Å². The number of benzene rings is 2. The average molecular weight is 350 g/mol. The van der Waals surface area contributed by atoms with Gasteiger partial charge in [0, 0.05) is 10.2 Å². The van der Waals surface area contributed by atoms with Crippen molar-refractivity contribution in [2.45, 2.75) is 26.7 Å². The molecule has 2 rings (SSSR count). The number of aryl methyl sites for hydroxylation is 2. The summed E-state index contributed by atoms with van der Waals surface area (Å²) >= 11 is 3.23. The van der Waals surface area contributed by atoms with E-state index in [1.54, 1.807) is 0 Å². The van der Waals surface area contributed by atoms with Crippen LogP contribution in [-0.2, 0) is 12.8 Å². The van der Waals surface area contributed by atoms with Crippen LogP contribution in [0.15, 0.2) is 40.9 Å². The molecule has 110 valence electrons. The van der Waals surface area contributed by atoms with E-state index in [1.807, 2.05) is 18.2 Å². The fourth-order valence-corrected chi connectivity index (χ4v) is 2.79. The van der Waals surface area contributed by atoms with E-state index in [9.17, 15) is 9.18 Å². The summed E-state index contributed by atoms with van der Waals surface area (Å²) in [6.45, 7) is 4.11. The van der Waals surface area contributed by atoms with Crippen LogP contribution < -0.4 is 5.32 Å². The summed E-state index contributed by atoms with van der Waals surface area (Å²) in [6, 6.07) is 10.1. The van der Waals surface area contributed by atoms with Crippen molar-refractivity contribution in [3.8, 4) is 0 Å². The second-order valence-corrected chi connectivity index (χ2v) is 5.59. The first-order valence-corrected chi connectivity index (χ1v) is 7.73. The highest BCUT2D eigenvalue weighted by atomic mass is 79.9. The zero-order valence-electron chi connectivity index (χ0n) is 12.0. The standard InChI is InChI=1S/C17H17BrFNO/c1-3-11-6-5-7-12(4-2)16(11)20-17(21)14-9-8-13(19)10-15(14)18/h5-10H,3-4H2,1-2H3,(H,20,21). The lowest BCUT2D eigenvalue weighted by Gasteiger charge is -2.15. The first-order valence-electron chi connectivity index (χ1n) is 6.94. The van der Waals surface area contributed by atoms with Crippen molar-refractivity contribution in [2.24, 2.45) is 0 Å². The maximum atomic E-state index is 13.1. The number of para-hydroxylation sites is 1. The van der Waals surface area contributed by atoms with Crippen LogP contribution >= 0.6 is 15.9 Å². The third-order valence-corrected chi connectivity index (χ3v) is 4.07. The maximum absolute atomic E-state index is 13.1. The molecule has 0 fully saturated rings. The van der Waals surface area contributed by atoms with E-state index in [0.29, 0.717) is 10.0 Å². The van der Waals surface area contributed by atoms with Crippen LogP contribution in [0.1, 0.15) is 35.3 Å². The monoisotopic (exact) mass is 349 g/mol. The van der Waals surface area contributed by atoms with E-state index in [1.165, 1.54) is 18.2 Å². The summed E-state index contributed by atoms with van der Waals surface area (Å²) in [5.74, 6) is -0.612. The van der Waals surface area contributed by atoms with Crippen molar-refractivity contribution in [1.29, 1.82) is 0 Å². The molecule has 0 aliphatic rings. The number of hydrogen-bond acceptors (Lipinski definition) is 1. The van der Waals surface area contributed by atoms with Gasteiger partial charge in [-0.25, -0.2) is 4.39 Å². The Hall–Kier alpha value is -1.68. The first-order chi connectivity index (χ1) is 10.1. The van der Waals surface area contributed by atoms with Crippen molar-refractivity contribution in [3.05, 3.63) is 63.4 Å².